The van der Waals surface area contributed by atoms with E-state index in [9.17, 15) is 4.79 Å². The van der Waals surface area contributed by atoms with Crippen LogP contribution in [0.5, 0.6) is 0 Å². The number of nitrogens with two attached hydrogens (primary N) is 1. The minimum absolute atomic E-state index is 0.196. The second-order valence-corrected chi connectivity index (χ2v) is 6.49. The summed E-state index contributed by atoms with van der Waals surface area (Å²) in [7, 11) is 0. The van der Waals surface area contributed by atoms with Crippen LogP contribution in [0.2, 0.25) is 0 Å². The van der Waals surface area contributed by atoms with Gasteiger partial charge in [-0.25, -0.2) is 0 Å². The van der Waals surface area contributed by atoms with Crippen LogP contribution in [-0.2, 0) is 9.53 Å². The molecule has 3 saturated heterocycles. The molecule has 2 N–H and O–H groups in total. The van der Waals surface area contributed by atoms with Gasteiger partial charge in [0, 0.05) is 44.3 Å². The summed E-state index contributed by atoms with van der Waals surface area (Å²) in [5, 5.41) is 0. The van der Waals surface area contributed by atoms with Crippen molar-refractivity contribution >= 4 is 5.91 Å². The number of hydrogen-bond donors (Lipinski definition) is 1. The Balaban J connectivity index is 1.47. The average Bonchev–Trinajstić information content (AvgIpc) is 2.94. The normalized spacial score (nSPS) is 30.9. The molecule has 3 aliphatic rings. The molecule has 0 radical (unpaired) electrons. The predicted octanol–water partition coefficient (Wildman–Crippen LogP) is 0.437. The van der Waals surface area contributed by atoms with Gasteiger partial charge in [-0.2, -0.15) is 0 Å². The van der Waals surface area contributed by atoms with Crippen LogP contribution in [0.15, 0.2) is 0 Å². The number of carbonyl (C=O) groups excluding carboxylic acids is 1. The van der Waals surface area contributed by atoms with Crippen molar-refractivity contribution in [1.29, 1.82) is 0 Å². The van der Waals surface area contributed by atoms with Gasteiger partial charge in [-0.15, -0.1) is 0 Å². The van der Waals surface area contributed by atoms with E-state index < -0.39 is 0 Å². The van der Waals surface area contributed by atoms with Gasteiger partial charge in [-0.1, -0.05) is 0 Å². The van der Waals surface area contributed by atoms with Crippen LogP contribution in [0.1, 0.15) is 32.1 Å². The Bertz CT molecular complexity index is 336. The first-order valence-corrected chi connectivity index (χ1v) is 8.10. The zero-order chi connectivity index (χ0) is 13.9. The van der Waals surface area contributed by atoms with Crippen LogP contribution in [0.4, 0.5) is 0 Å². The first-order chi connectivity index (χ1) is 9.74. The van der Waals surface area contributed by atoms with Gasteiger partial charge < -0.3 is 20.3 Å². The van der Waals surface area contributed by atoms with Crippen molar-refractivity contribution < 1.29 is 9.53 Å². The number of hydrogen-bond acceptors (Lipinski definition) is 4. The predicted molar refractivity (Wildman–Crippen MR) is 77.3 cm³/mol. The van der Waals surface area contributed by atoms with Crippen molar-refractivity contribution in [2.24, 2.45) is 11.7 Å². The van der Waals surface area contributed by atoms with Crippen LogP contribution in [0.25, 0.3) is 0 Å². The molecular weight excluding hydrogens is 254 g/mol. The molecule has 0 spiro atoms. The lowest BCUT2D eigenvalue weighted by Crippen LogP contribution is -2.47. The van der Waals surface area contributed by atoms with E-state index in [1.807, 2.05) is 4.90 Å². The highest BCUT2D eigenvalue weighted by molar-refractivity contribution is 5.79. The Hall–Kier alpha value is -0.650. The topological polar surface area (TPSA) is 58.8 Å². The first-order valence-electron chi connectivity index (χ1n) is 8.10. The maximum atomic E-state index is 12.5. The molecule has 0 aromatic rings. The summed E-state index contributed by atoms with van der Waals surface area (Å²) in [6.45, 7) is 5.56. The van der Waals surface area contributed by atoms with Crippen LogP contribution >= 0.6 is 0 Å². The molecule has 0 aromatic heterocycles. The fraction of sp³-hybridized carbons (Fsp3) is 0.933. The number of likely N-dealkylation sites (tertiary alicyclic amines) is 2. The van der Waals surface area contributed by atoms with E-state index in [2.05, 4.69) is 4.90 Å². The molecule has 1 atom stereocenters. The standard InChI is InChI=1S/C15H27N3O2/c16-13-3-8-18(11-13)15(19)12-1-6-17(7-2-12)14-4-9-20-10-5-14/h12-14H,1-11,16H2. The summed E-state index contributed by atoms with van der Waals surface area (Å²) >= 11 is 0. The van der Waals surface area contributed by atoms with E-state index in [0.717, 1.165) is 71.5 Å². The van der Waals surface area contributed by atoms with E-state index in [4.69, 9.17) is 10.5 Å². The highest BCUT2D eigenvalue weighted by Crippen LogP contribution is 2.25. The van der Waals surface area contributed by atoms with E-state index in [0.29, 0.717) is 11.9 Å². The monoisotopic (exact) mass is 281 g/mol. The summed E-state index contributed by atoms with van der Waals surface area (Å²) in [6, 6.07) is 0.876. The van der Waals surface area contributed by atoms with Crippen LogP contribution in [-0.4, -0.2) is 67.2 Å². The van der Waals surface area contributed by atoms with Gasteiger partial charge in [0.1, 0.15) is 0 Å². The molecule has 5 nitrogen and oxygen atoms in total. The van der Waals surface area contributed by atoms with E-state index in [-0.39, 0.29) is 12.0 Å². The fourth-order valence-electron chi connectivity index (χ4n) is 3.81. The highest BCUT2D eigenvalue weighted by atomic mass is 16.5. The van der Waals surface area contributed by atoms with Gasteiger partial charge in [0.25, 0.3) is 0 Å². The SMILES string of the molecule is NC1CCN(C(=O)C2CCN(C3CCOCC3)CC2)C1. The average molecular weight is 281 g/mol. The van der Waals surface area contributed by atoms with Gasteiger partial charge in [-0.05, 0) is 45.2 Å². The van der Waals surface area contributed by atoms with Gasteiger partial charge in [0.2, 0.25) is 5.91 Å². The Morgan fingerprint density at radius 2 is 1.70 bits per heavy atom. The van der Waals surface area contributed by atoms with Gasteiger partial charge >= 0.3 is 0 Å². The maximum Gasteiger partial charge on any atom is 0.225 e. The molecule has 0 bridgehead atoms. The lowest BCUT2D eigenvalue weighted by Gasteiger charge is -2.39. The molecule has 0 saturated carbocycles. The number of piperidine rings is 1. The lowest BCUT2D eigenvalue weighted by atomic mass is 9.93. The van der Waals surface area contributed by atoms with Crippen molar-refractivity contribution in [3.8, 4) is 0 Å². The van der Waals surface area contributed by atoms with Crippen LogP contribution < -0.4 is 5.73 Å². The van der Waals surface area contributed by atoms with Crippen molar-refractivity contribution in [2.45, 2.75) is 44.2 Å². The van der Waals surface area contributed by atoms with Crippen molar-refractivity contribution in [2.75, 3.05) is 39.4 Å². The molecule has 3 heterocycles. The lowest BCUT2D eigenvalue weighted by molar-refractivity contribution is -0.136. The Morgan fingerprint density at radius 1 is 1.00 bits per heavy atom. The largest absolute Gasteiger partial charge is 0.381 e. The molecule has 5 heteroatoms. The summed E-state index contributed by atoms with van der Waals surface area (Å²) < 4.78 is 5.43. The molecule has 114 valence electrons. The first kappa shape index (κ1) is 14.3. The number of nitrogens with zero attached hydrogens (tertiary/aromatic N) is 2. The van der Waals surface area contributed by atoms with Crippen LogP contribution in [0.3, 0.4) is 0 Å². The van der Waals surface area contributed by atoms with Crippen molar-refractivity contribution in [3.63, 3.8) is 0 Å². The van der Waals surface area contributed by atoms with Crippen LogP contribution in [0, 0.1) is 5.92 Å². The molecule has 1 unspecified atom stereocenters. The summed E-state index contributed by atoms with van der Waals surface area (Å²) in [4.78, 5) is 17.0. The van der Waals surface area contributed by atoms with E-state index >= 15 is 0 Å². The van der Waals surface area contributed by atoms with Crippen molar-refractivity contribution in [1.82, 2.24) is 9.80 Å². The second-order valence-electron chi connectivity index (χ2n) is 6.49. The van der Waals surface area contributed by atoms with Gasteiger partial charge in [-0.3, -0.25) is 4.79 Å². The molecule has 0 aromatic carbocycles. The second kappa shape index (κ2) is 6.41. The molecular formula is C15H27N3O2. The number of rotatable bonds is 2. The number of ether oxygens (including phenoxy) is 1. The molecule has 1 amide bonds. The molecule has 0 aliphatic carbocycles. The molecule has 3 fully saturated rings. The van der Waals surface area contributed by atoms with E-state index in [1.165, 1.54) is 0 Å². The Morgan fingerprint density at radius 3 is 2.30 bits per heavy atom. The third kappa shape index (κ3) is 3.15. The van der Waals surface area contributed by atoms with E-state index in [1.54, 1.807) is 0 Å². The third-order valence-corrected chi connectivity index (χ3v) is 5.12. The molecule has 20 heavy (non-hydrogen) atoms. The fourth-order valence-corrected chi connectivity index (χ4v) is 3.81. The van der Waals surface area contributed by atoms with Crippen molar-refractivity contribution in [3.05, 3.63) is 0 Å². The summed E-state index contributed by atoms with van der Waals surface area (Å²) in [6.07, 6.45) is 5.30. The third-order valence-electron chi connectivity index (χ3n) is 5.12. The summed E-state index contributed by atoms with van der Waals surface area (Å²) in [5.74, 6) is 0.584. The molecule has 3 rings (SSSR count). The Labute approximate surface area is 121 Å². The minimum Gasteiger partial charge on any atom is -0.381 e. The minimum atomic E-state index is 0.196. The quantitative estimate of drug-likeness (QED) is 0.798. The maximum absolute atomic E-state index is 12.5. The van der Waals surface area contributed by atoms with Gasteiger partial charge in [0.05, 0.1) is 0 Å². The zero-order valence-electron chi connectivity index (χ0n) is 12.3. The highest BCUT2D eigenvalue weighted by Gasteiger charge is 2.33. The molecule has 3 aliphatic heterocycles. The number of carbonyl (C=O) groups is 1. The summed E-state index contributed by atoms with van der Waals surface area (Å²) in [5.41, 5.74) is 5.90. The Kier molecular flexibility index (Phi) is 4.58. The van der Waals surface area contributed by atoms with Gasteiger partial charge in [0.15, 0.2) is 0 Å². The smallest absolute Gasteiger partial charge is 0.225 e. The number of amides is 1. The zero-order valence-corrected chi connectivity index (χ0v) is 12.3.